The second-order valence-corrected chi connectivity index (χ2v) is 4.07. The van der Waals surface area contributed by atoms with Crippen LogP contribution in [-0.4, -0.2) is 28.6 Å². The fourth-order valence-electron chi connectivity index (χ4n) is 1.94. The summed E-state index contributed by atoms with van der Waals surface area (Å²) in [5.41, 5.74) is 2.22. The van der Waals surface area contributed by atoms with Crippen molar-refractivity contribution in [2.24, 2.45) is 0 Å². The molecule has 2 rings (SSSR count). The van der Waals surface area contributed by atoms with Crippen LogP contribution in [0.1, 0.15) is 23.2 Å². The van der Waals surface area contributed by atoms with E-state index >= 15 is 0 Å². The van der Waals surface area contributed by atoms with E-state index in [1.54, 1.807) is 0 Å². The van der Waals surface area contributed by atoms with Crippen LogP contribution in [0.15, 0.2) is 0 Å². The third-order valence-electron chi connectivity index (χ3n) is 2.97. The quantitative estimate of drug-likeness (QED) is 0.725. The summed E-state index contributed by atoms with van der Waals surface area (Å²) in [7, 11) is 0. The van der Waals surface area contributed by atoms with Gasteiger partial charge < -0.3 is 10.1 Å². The molecule has 84 valence electrons. The van der Waals surface area contributed by atoms with Gasteiger partial charge >= 0.3 is 0 Å². The van der Waals surface area contributed by atoms with Gasteiger partial charge in [0.2, 0.25) is 5.91 Å². The summed E-state index contributed by atoms with van der Waals surface area (Å²) >= 11 is 0. The average molecular weight is 219 g/mol. The van der Waals surface area contributed by atoms with Crippen LogP contribution in [0.3, 0.4) is 0 Å². The minimum absolute atomic E-state index is 0.127. The highest BCUT2D eigenvalue weighted by Crippen LogP contribution is 2.28. The summed E-state index contributed by atoms with van der Waals surface area (Å²) in [6.07, 6.45) is -0.509. The van der Waals surface area contributed by atoms with Crippen molar-refractivity contribution in [3.63, 3.8) is 0 Å². The zero-order valence-electron chi connectivity index (χ0n) is 9.24. The maximum atomic E-state index is 11.6. The number of H-pyrrole nitrogens is 1. The summed E-state index contributed by atoms with van der Waals surface area (Å²) < 4.78 is 0. The van der Waals surface area contributed by atoms with Gasteiger partial charge in [-0.3, -0.25) is 9.69 Å². The Morgan fingerprint density at radius 3 is 2.75 bits per heavy atom. The number of carbonyl (C=O) groups excluding carboxylic acids is 1. The van der Waals surface area contributed by atoms with Crippen molar-refractivity contribution < 1.29 is 9.90 Å². The molecule has 1 fully saturated rings. The monoisotopic (exact) mass is 219 g/mol. The Bertz CT molecular complexity index is 484. The van der Waals surface area contributed by atoms with E-state index < -0.39 is 6.10 Å². The number of nitrogens with one attached hydrogen (secondary N) is 1. The first-order valence-corrected chi connectivity index (χ1v) is 5.12. The van der Waals surface area contributed by atoms with Gasteiger partial charge in [-0.2, -0.15) is 5.26 Å². The van der Waals surface area contributed by atoms with Crippen LogP contribution < -0.4 is 4.90 Å². The number of hydrogen-bond acceptors (Lipinski definition) is 3. The SMILES string of the molecule is Cc1[nH]c(N2CC(O)CC2=O)c(C#N)c1C. The van der Waals surface area contributed by atoms with E-state index in [1.807, 2.05) is 13.8 Å². The summed E-state index contributed by atoms with van der Waals surface area (Å²) in [6.45, 7) is 3.95. The van der Waals surface area contributed by atoms with Crippen molar-refractivity contribution in [1.82, 2.24) is 4.98 Å². The van der Waals surface area contributed by atoms with E-state index in [2.05, 4.69) is 11.1 Å². The molecule has 1 aromatic rings. The summed E-state index contributed by atoms with van der Waals surface area (Å²) in [6, 6.07) is 2.09. The van der Waals surface area contributed by atoms with Gasteiger partial charge in [0.1, 0.15) is 11.9 Å². The number of rotatable bonds is 1. The Hall–Kier alpha value is -1.80. The van der Waals surface area contributed by atoms with Crippen molar-refractivity contribution in [1.29, 1.82) is 5.26 Å². The molecule has 0 spiro atoms. The molecule has 5 heteroatoms. The number of aliphatic hydroxyl groups is 1. The molecule has 1 aromatic heterocycles. The average Bonchev–Trinajstić information content (AvgIpc) is 2.69. The number of carbonyl (C=O) groups is 1. The maximum absolute atomic E-state index is 11.6. The van der Waals surface area contributed by atoms with Crippen LogP contribution in [0.5, 0.6) is 0 Å². The lowest BCUT2D eigenvalue weighted by Crippen LogP contribution is -2.26. The molecule has 0 bridgehead atoms. The number of aryl methyl sites for hydroxylation is 1. The molecule has 0 saturated carbocycles. The number of amides is 1. The summed E-state index contributed by atoms with van der Waals surface area (Å²) in [4.78, 5) is 16.1. The minimum atomic E-state index is -0.636. The maximum Gasteiger partial charge on any atom is 0.230 e. The molecule has 5 nitrogen and oxygen atoms in total. The highest BCUT2D eigenvalue weighted by Gasteiger charge is 2.32. The Morgan fingerprint density at radius 1 is 1.56 bits per heavy atom. The van der Waals surface area contributed by atoms with Crippen LogP contribution in [0, 0.1) is 25.2 Å². The lowest BCUT2D eigenvalue weighted by atomic mass is 10.2. The van der Waals surface area contributed by atoms with E-state index in [0.717, 1.165) is 11.3 Å². The Morgan fingerprint density at radius 2 is 2.25 bits per heavy atom. The Kier molecular flexibility index (Phi) is 2.44. The zero-order valence-corrected chi connectivity index (χ0v) is 9.24. The standard InChI is InChI=1S/C11H13N3O2/c1-6-7(2)13-11(9(6)4-12)14-5-8(15)3-10(14)16/h8,13,15H,3,5H2,1-2H3. The van der Waals surface area contributed by atoms with Gasteiger partial charge in [0.15, 0.2) is 0 Å². The Labute approximate surface area is 93.3 Å². The highest BCUT2D eigenvalue weighted by molar-refractivity contribution is 5.96. The number of nitriles is 1. The van der Waals surface area contributed by atoms with Crippen LogP contribution >= 0.6 is 0 Å². The number of hydrogen-bond donors (Lipinski definition) is 2. The van der Waals surface area contributed by atoms with Crippen molar-refractivity contribution in [2.45, 2.75) is 26.4 Å². The van der Waals surface area contributed by atoms with Gasteiger partial charge in [-0.25, -0.2) is 0 Å². The first-order valence-electron chi connectivity index (χ1n) is 5.12. The number of nitrogens with zero attached hydrogens (tertiary/aromatic N) is 2. The smallest absolute Gasteiger partial charge is 0.230 e. The van der Waals surface area contributed by atoms with Crippen molar-refractivity contribution in [2.75, 3.05) is 11.4 Å². The van der Waals surface area contributed by atoms with Crippen molar-refractivity contribution in [3.05, 3.63) is 16.8 Å². The second kappa shape index (κ2) is 3.65. The largest absolute Gasteiger partial charge is 0.391 e. The van der Waals surface area contributed by atoms with E-state index in [1.165, 1.54) is 4.90 Å². The van der Waals surface area contributed by atoms with Gasteiger partial charge in [0.05, 0.1) is 24.6 Å². The number of anilines is 1. The first-order chi connectivity index (χ1) is 7.54. The molecule has 1 saturated heterocycles. The van der Waals surface area contributed by atoms with Gasteiger partial charge in [0.25, 0.3) is 0 Å². The lowest BCUT2D eigenvalue weighted by Gasteiger charge is -2.14. The highest BCUT2D eigenvalue weighted by atomic mass is 16.3. The Balaban J connectivity index is 2.46. The number of aromatic nitrogens is 1. The molecule has 0 aromatic carbocycles. The molecule has 0 radical (unpaired) electrons. The zero-order chi connectivity index (χ0) is 11.9. The van der Waals surface area contributed by atoms with Gasteiger partial charge in [-0.05, 0) is 19.4 Å². The number of β-amino-alcohol motifs (C(OH)–C–C–N with tert-alkyl or cyclic N) is 1. The van der Waals surface area contributed by atoms with Crippen molar-refractivity contribution >= 4 is 11.7 Å². The number of aliphatic hydroxyl groups excluding tert-OH is 1. The third-order valence-corrected chi connectivity index (χ3v) is 2.97. The summed E-state index contributed by atoms with van der Waals surface area (Å²) in [5.74, 6) is 0.365. The predicted octanol–water partition coefficient (Wildman–Crippen LogP) is 0.601. The molecule has 16 heavy (non-hydrogen) atoms. The molecular formula is C11H13N3O2. The normalized spacial score (nSPS) is 20.2. The fraction of sp³-hybridized carbons (Fsp3) is 0.455. The van der Waals surface area contributed by atoms with E-state index in [-0.39, 0.29) is 18.9 Å². The topological polar surface area (TPSA) is 80.1 Å². The van der Waals surface area contributed by atoms with E-state index in [0.29, 0.717) is 11.4 Å². The van der Waals surface area contributed by atoms with Gasteiger partial charge in [-0.1, -0.05) is 0 Å². The third kappa shape index (κ3) is 1.48. The molecule has 0 aliphatic carbocycles. The molecule has 1 amide bonds. The lowest BCUT2D eigenvalue weighted by molar-refractivity contribution is -0.117. The van der Waals surface area contributed by atoms with Crippen molar-refractivity contribution in [3.8, 4) is 6.07 Å². The second-order valence-electron chi connectivity index (χ2n) is 4.07. The predicted molar refractivity (Wildman–Crippen MR) is 58.0 cm³/mol. The van der Waals surface area contributed by atoms with Crippen LogP contribution in [0.4, 0.5) is 5.82 Å². The van der Waals surface area contributed by atoms with Gasteiger partial charge in [-0.15, -0.1) is 0 Å². The van der Waals surface area contributed by atoms with E-state index in [9.17, 15) is 9.90 Å². The molecule has 1 aliphatic heterocycles. The molecule has 1 aliphatic rings. The molecule has 1 atom stereocenters. The molecular weight excluding hydrogens is 206 g/mol. The molecule has 2 N–H and O–H groups in total. The van der Waals surface area contributed by atoms with Crippen LogP contribution in [-0.2, 0) is 4.79 Å². The fourth-order valence-corrected chi connectivity index (χ4v) is 1.94. The molecule has 2 heterocycles. The first kappa shape index (κ1) is 10.7. The molecule has 1 unspecified atom stereocenters. The van der Waals surface area contributed by atoms with Crippen LogP contribution in [0.25, 0.3) is 0 Å². The number of aromatic amines is 1. The van der Waals surface area contributed by atoms with Crippen LogP contribution in [0.2, 0.25) is 0 Å². The van der Waals surface area contributed by atoms with Gasteiger partial charge in [0, 0.05) is 5.69 Å². The summed E-state index contributed by atoms with van der Waals surface area (Å²) in [5, 5.41) is 18.5. The van der Waals surface area contributed by atoms with E-state index in [4.69, 9.17) is 5.26 Å². The minimum Gasteiger partial charge on any atom is -0.391 e.